The quantitative estimate of drug-likeness (QED) is 0.803. The van der Waals surface area contributed by atoms with Gasteiger partial charge >= 0.3 is 0 Å². The van der Waals surface area contributed by atoms with E-state index in [2.05, 4.69) is 43.6 Å². The van der Waals surface area contributed by atoms with Crippen molar-refractivity contribution in [2.24, 2.45) is 5.92 Å². The van der Waals surface area contributed by atoms with Crippen molar-refractivity contribution in [1.82, 2.24) is 19.4 Å². The van der Waals surface area contributed by atoms with Crippen LogP contribution in [0.1, 0.15) is 36.8 Å². The summed E-state index contributed by atoms with van der Waals surface area (Å²) >= 11 is 0. The van der Waals surface area contributed by atoms with Crippen molar-refractivity contribution >= 4 is 5.91 Å². The highest BCUT2D eigenvalue weighted by Gasteiger charge is 2.39. The summed E-state index contributed by atoms with van der Waals surface area (Å²) in [7, 11) is 0. The Balaban J connectivity index is 1.20. The number of hydrogen-bond donors (Lipinski definition) is 0. The molecule has 1 amide bonds. The second-order valence-electron chi connectivity index (χ2n) is 8.83. The van der Waals surface area contributed by atoms with Gasteiger partial charge in [-0.2, -0.15) is 0 Å². The predicted molar refractivity (Wildman–Crippen MR) is 109 cm³/mol. The van der Waals surface area contributed by atoms with Crippen LogP contribution in [0, 0.1) is 5.92 Å². The van der Waals surface area contributed by atoms with Crippen molar-refractivity contribution in [1.29, 1.82) is 0 Å². The summed E-state index contributed by atoms with van der Waals surface area (Å²) in [6.07, 6.45) is 11.9. The Kier molecular flexibility index (Phi) is 4.93. The smallest absolute Gasteiger partial charge is 0.222 e. The fourth-order valence-corrected chi connectivity index (χ4v) is 5.49. The predicted octanol–water partition coefficient (Wildman–Crippen LogP) is 2.75. The van der Waals surface area contributed by atoms with Crippen molar-refractivity contribution in [2.75, 3.05) is 19.6 Å². The highest BCUT2D eigenvalue weighted by Crippen LogP contribution is 2.33. The molecule has 6 rings (SSSR count). The molecular formula is C23H30N4O. The molecule has 5 heteroatoms. The van der Waals surface area contributed by atoms with Gasteiger partial charge in [-0.3, -0.25) is 9.69 Å². The van der Waals surface area contributed by atoms with E-state index >= 15 is 0 Å². The topological polar surface area (TPSA) is 41.4 Å². The third-order valence-corrected chi connectivity index (χ3v) is 6.97. The lowest BCUT2D eigenvalue weighted by atomic mass is 9.94. The first kappa shape index (κ1) is 17.9. The minimum absolute atomic E-state index is 0.353. The van der Waals surface area contributed by atoms with Gasteiger partial charge in [-0.25, -0.2) is 4.98 Å². The van der Waals surface area contributed by atoms with E-state index in [-0.39, 0.29) is 0 Å². The Morgan fingerprint density at radius 3 is 2.61 bits per heavy atom. The number of carbonyl (C=O) groups excluding carboxylic acids is 1. The van der Waals surface area contributed by atoms with Gasteiger partial charge in [0.15, 0.2) is 0 Å². The molecule has 0 spiro atoms. The second kappa shape index (κ2) is 7.70. The molecule has 0 N–H and O–H groups in total. The number of rotatable bonds is 5. The molecule has 3 aliphatic heterocycles. The lowest BCUT2D eigenvalue weighted by Gasteiger charge is -2.36. The summed E-state index contributed by atoms with van der Waals surface area (Å²) in [6, 6.07) is 9.94. The zero-order valence-corrected chi connectivity index (χ0v) is 16.5. The van der Waals surface area contributed by atoms with E-state index in [4.69, 9.17) is 0 Å². The van der Waals surface area contributed by atoms with Crippen LogP contribution in [0.3, 0.4) is 0 Å². The van der Waals surface area contributed by atoms with Crippen LogP contribution >= 0.6 is 0 Å². The van der Waals surface area contributed by atoms with Gasteiger partial charge in [0.05, 0.1) is 6.33 Å². The van der Waals surface area contributed by atoms with Crippen molar-refractivity contribution in [3.05, 3.63) is 54.1 Å². The molecule has 2 aromatic rings. The first-order valence-electron chi connectivity index (χ1n) is 10.8. The normalized spacial score (nSPS) is 25.1. The van der Waals surface area contributed by atoms with Crippen molar-refractivity contribution in [3.63, 3.8) is 0 Å². The average Bonchev–Trinajstić information content (AvgIpc) is 3.29. The van der Waals surface area contributed by atoms with Gasteiger partial charge in [0, 0.05) is 57.1 Å². The summed E-state index contributed by atoms with van der Waals surface area (Å²) in [6.45, 7) is 4.06. The van der Waals surface area contributed by atoms with Gasteiger partial charge in [-0.1, -0.05) is 24.3 Å². The molecule has 3 fully saturated rings. The molecule has 2 atom stereocenters. The van der Waals surface area contributed by atoms with Crippen molar-refractivity contribution in [2.45, 2.75) is 57.2 Å². The molecule has 1 aliphatic carbocycles. The van der Waals surface area contributed by atoms with Crippen LogP contribution in [0.25, 0.3) is 0 Å². The van der Waals surface area contributed by atoms with Gasteiger partial charge in [0.2, 0.25) is 5.91 Å². The maximum atomic E-state index is 13.0. The van der Waals surface area contributed by atoms with Crippen LogP contribution in [0.4, 0.5) is 0 Å². The third kappa shape index (κ3) is 3.60. The van der Waals surface area contributed by atoms with Crippen LogP contribution in [0.2, 0.25) is 0 Å². The molecule has 0 saturated carbocycles. The van der Waals surface area contributed by atoms with Gasteiger partial charge in [0.1, 0.15) is 0 Å². The standard InChI is InChI=1S/C23H30N4O/c28-23(6-3-10-25-11-9-24-17-25)27-15-18-7-8-21(27)16-26(14-18)22-12-19-4-1-2-5-20(19)13-22/h1-2,4-5,9,11,17-18,21-22H,3,6-8,10,12-16H2/t18-,21+/m0/s1. The molecule has 3 saturated heterocycles. The molecule has 148 valence electrons. The van der Waals surface area contributed by atoms with Gasteiger partial charge in [0.25, 0.3) is 0 Å². The second-order valence-corrected chi connectivity index (χ2v) is 8.83. The summed E-state index contributed by atoms with van der Waals surface area (Å²) in [5.41, 5.74) is 3.05. The Bertz CT molecular complexity index is 793. The number of benzene rings is 1. The lowest BCUT2D eigenvalue weighted by molar-refractivity contribution is -0.135. The summed E-state index contributed by atoms with van der Waals surface area (Å²) < 4.78 is 2.06. The van der Waals surface area contributed by atoms with Gasteiger partial charge in [-0.15, -0.1) is 0 Å². The van der Waals surface area contributed by atoms with Gasteiger partial charge < -0.3 is 9.47 Å². The zero-order chi connectivity index (χ0) is 18.9. The molecule has 4 aliphatic rings. The minimum Gasteiger partial charge on any atom is -0.338 e. The Morgan fingerprint density at radius 2 is 1.86 bits per heavy atom. The molecular weight excluding hydrogens is 348 g/mol. The van der Waals surface area contributed by atoms with E-state index in [1.54, 1.807) is 6.20 Å². The van der Waals surface area contributed by atoms with Crippen LogP contribution in [-0.4, -0.2) is 57.0 Å². The molecule has 28 heavy (non-hydrogen) atoms. The molecule has 2 bridgehead atoms. The number of fused-ring (bicyclic) bond motifs is 5. The Morgan fingerprint density at radius 1 is 1.04 bits per heavy atom. The molecule has 4 heterocycles. The monoisotopic (exact) mass is 378 g/mol. The summed E-state index contributed by atoms with van der Waals surface area (Å²) in [4.78, 5) is 22.0. The Labute approximate surface area is 167 Å². The summed E-state index contributed by atoms with van der Waals surface area (Å²) in [5, 5.41) is 0. The number of aromatic nitrogens is 2. The number of hydrogen-bond acceptors (Lipinski definition) is 3. The minimum atomic E-state index is 0.353. The Hall–Kier alpha value is -2.14. The molecule has 0 unspecified atom stereocenters. The van der Waals surface area contributed by atoms with Crippen LogP contribution in [0.15, 0.2) is 43.0 Å². The number of amides is 1. The molecule has 0 radical (unpaired) electrons. The zero-order valence-electron chi connectivity index (χ0n) is 16.5. The average molecular weight is 379 g/mol. The number of piperidine rings is 1. The fourth-order valence-electron chi connectivity index (χ4n) is 5.49. The number of nitrogens with zero attached hydrogens (tertiary/aromatic N) is 4. The van der Waals surface area contributed by atoms with Crippen molar-refractivity contribution in [3.8, 4) is 0 Å². The van der Waals surface area contributed by atoms with Gasteiger partial charge in [-0.05, 0) is 49.1 Å². The first-order valence-corrected chi connectivity index (χ1v) is 10.8. The van der Waals surface area contributed by atoms with E-state index < -0.39 is 0 Å². The maximum absolute atomic E-state index is 13.0. The highest BCUT2D eigenvalue weighted by molar-refractivity contribution is 5.76. The van der Waals surface area contributed by atoms with E-state index in [0.717, 1.165) is 32.6 Å². The molecule has 1 aromatic heterocycles. The third-order valence-electron chi connectivity index (χ3n) is 6.97. The number of carbonyl (C=O) groups is 1. The van der Waals surface area contributed by atoms with Crippen molar-refractivity contribution < 1.29 is 4.79 Å². The fraction of sp³-hybridized carbons (Fsp3) is 0.565. The van der Waals surface area contributed by atoms with E-state index in [1.165, 1.54) is 36.8 Å². The lowest BCUT2D eigenvalue weighted by Crippen LogP contribution is -2.48. The van der Waals surface area contributed by atoms with E-state index in [9.17, 15) is 4.79 Å². The van der Waals surface area contributed by atoms with E-state index in [1.807, 2.05) is 12.5 Å². The SMILES string of the molecule is O=C(CCCn1ccnc1)N1C[C@H]2CC[C@@H]1CN(C1Cc3ccccc3C1)C2. The molecule has 5 nitrogen and oxygen atoms in total. The van der Waals surface area contributed by atoms with Crippen LogP contribution < -0.4 is 0 Å². The van der Waals surface area contributed by atoms with Crippen LogP contribution in [0.5, 0.6) is 0 Å². The largest absolute Gasteiger partial charge is 0.338 e. The van der Waals surface area contributed by atoms with E-state index in [0.29, 0.717) is 30.3 Å². The number of aryl methyl sites for hydroxylation is 1. The first-order chi connectivity index (χ1) is 13.8. The molecule has 1 aromatic carbocycles. The number of imidazole rings is 1. The van der Waals surface area contributed by atoms with Crippen LogP contribution in [-0.2, 0) is 24.2 Å². The summed E-state index contributed by atoms with van der Waals surface area (Å²) in [5.74, 6) is 0.992. The highest BCUT2D eigenvalue weighted by atomic mass is 16.2. The maximum Gasteiger partial charge on any atom is 0.222 e.